The van der Waals surface area contributed by atoms with E-state index in [4.69, 9.17) is 28.2 Å². The first kappa shape index (κ1) is 21.6. The molecular weight excluding hydrogens is 430 g/mol. The Kier molecular flexibility index (Phi) is 6.73. The molecule has 0 unspecified atom stereocenters. The Bertz CT molecular complexity index is 1040. The van der Waals surface area contributed by atoms with E-state index >= 15 is 0 Å². The van der Waals surface area contributed by atoms with Gasteiger partial charge in [0.25, 0.3) is 0 Å². The third-order valence-corrected chi connectivity index (χ3v) is 5.89. The van der Waals surface area contributed by atoms with Crippen molar-refractivity contribution in [2.24, 2.45) is 5.92 Å². The summed E-state index contributed by atoms with van der Waals surface area (Å²) in [5.41, 5.74) is 1.89. The predicted molar refractivity (Wildman–Crippen MR) is 130 cm³/mol. The lowest BCUT2D eigenvalue weighted by atomic mass is 9.99. The second kappa shape index (κ2) is 9.66. The molecule has 4 rings (SSSR count). The molecule has 1 aliphatic rings. The van der Waals surface area contributed by atoms with Crippen molar-refractivity contribution in [1.82, 2.24) is 15.3 Å². The molecule has 0 amide bonds. The molecule has 31 heavy (non-hydrogen) atoms. The van der Waals surface area contributed by atoms with E-state index < -0.39 is 0 Å². The maximum atomic E-state index is 5.95. The van der Waals surface area contributed by atoms with Gasteiger partial charge in [0.1, 0.15) is 17.3 Å². The average molecular weight is 456 g/mol. The van der Waals surface area contributed by atoms with E-state index in [1.165, 1.54) is 12.8 Å². The minimum absolute atomic E-state index is 0.452. The number of hydrogen-bond donors (Lipinski definition) is 2. The van der Waals surface area contributed by atoms with E-state index in [2.05, 4.69) is 32.4 Å². The summed E-state index contributed by atoms with van der Waals surface area (Å²) in [6, 6.07) is 13.4. The van der Waals surface area contributed by atoms with Gasteiger partial charge in [-0.05, 0) is 74.3 Å². The first-order chi connectivity index (χ1) is 15.0. The summed E-state index contributed by atoms with van der Waals surface area (Å²) in [4.78, 5) is 11.5. The number of aromatic nitrogens is 2. The molecule has 0 atom stereocenters. The van der Waals surface area contributed by atoms with Crippen molar-refractivity contribution >= 4 is 40.7 Å². The molecule has 0 aliphatic carbocycles. The predicted octanol–water partition coefficient (Wildman–Crippen LogP) is 5.42. The van der Waals surface area contributed by atoms with Crippen molar-refractivity contribution in [1.29, 1.82) is 0 Å². The van der Waals surface area contributed by atoms with Crippen LogP contribution in [0.15, 0.2) is 46.9 Å². The van der Waals surface area contributed by atoms with Crippen LogP contribution in [0.2, 0.25) is 5.02 Å². The Morgan fingerprint density at radius 2 is 1.90 bits per heavy atom. The first-order valence-corrected chi connectivity index (χ1v) is 11.2. The Morgan fingerprint density at radius 3 is 2.65 bits per heavy atom. The van der Waals surface area contributed by atoms with Gasteiger partial charge in [0.15, 0.2) is 5.11 Å². The highest BCUT2D eigenvalue weighted by atomic mass is 35.5. The highest BCUT2D eigenvalue weighted by Crippen LogP contribution is 2.24. The molecule has 1 aromatic carbocycles. The standard InChI is InChI=1S/C23H26ClN5OS/c1-15-9-11-29(12-10-15)21-13-16(2)26-22(27-21)28-23(31)25-14-19-7-8-20(30-19)17-3-5-18(24)6-4-17/h3-8,13,15H,9-12,14H2,1-2H3,(H2,25,26,27,28,31). The molecule has 2 N–H and O–H groups in total. The van der Waals surface area contributed by atoms with Crippen molar-refractivity contribution in [2.75, 3.05) is 23.3 Å². The molecule has 1 aliphatic heterocycles. The van der Waals surface area contributed by atoms with E-state index in [1.54, 1.807) is 0 Å². The van der Waals surface area contributed by atoms with Crippen molar-refractivity contribution in [3.05, 3.63) is 58.9 Å². The normalized spacial score (nSPS) is 14.5. The first-order valence-electron chi connectivity index (χ1n) is 10.5. The number of aryl methyl sites for hydroxylation is 1. The minimum atomic E-state index is 0.452. The van der Waals surface area contributed by atoms with Gasteiger partial charge in [-0.1, -0.05) is 18.5 Å². The largest absolute Gasteiger partial charge is 0.459 e. The van der Waals surface area contributed by atoms with Crippen molar-refractivity contribution in [3.63, 3.8) is 0 Å². The van der Waals surface area contributed by atoms with E-state index in [0.29, 0.717) is 22.6 Å². The summed E-state index contributed by atoms with van der Waals surface area (Å²) in [5, 5.41) is 7.41. The maximum absolute atomic E-state index is 5.95. The van der Waals surface area contributed by atoms with Crippen LogP contribution in [0.4, 0.5) is 11.8 Å². The fourth-order valence-electron chi connectivity index (χ4n) is 3.56. The molecule has 1 saturated heterocycles. The zero-order valence-electron chi connectivity index (χ0n) is 17.7. The lowest BCUT2D eigenvalue weighted by molar-refractivity contribution is 0.436. The lowest BCUT2D eigenvalue weighted by Gasteiger charge is -2.31. The Balaban J connectivity index is 1.34. The molecule has 8 heteroatoms. The van der Waals surface area contributed by atoms with Gasteiger partial charge in [-0.15, -0.1) is 0 Å². The second-order valence-corrected chi connectivity index (χ2v) is 8.79. The lowest BCUT2D eigenvalue weighted by Crippen LogP contribution is -2.34. The maximum Gasteiger partial charge on any atom is 0.231 e. The SMILES string of the molecule is Cc1cc(N2CCC(C)CC2)nc(NC(=S)NCc2ccc(-c3ccc(Cl)cc3)o2)n1. The molecule has 0 spiro atoms. The van der Waals surface area contributed by atoms with E-state index in [-0.39, 0.29) is 0 Å². The molecule has 3 aromatic rings. The number of piperidine rings is 1. The molecule has 0 radical (unpaired) electrons. The Labute approximate surface area is 193 Å². The van der Waals surface area contributed by atoms with Crippen LogP contribution in [-0.2, 0) is 6.54 Å². The van der Waals surface area contributed by atoms with Crippen molar-refractivity contribution in [3.8, 4) is 11.3 Å². The van der Waals surface area contributed by atoms with E-state index in [0.717, 1.165) is 47.6 Å². The van der Waals surface area contributed by atoms with Crippen LogP contribution < -0.4 is 15.5 Å². The van der Waals surface area contributed by atoms with E-state index in [1.807, 2.05) is 49.4 Å². The summed E-state index contributed by atoms with van der Waals surface area (Å²) < 4.78 is 5.91. The number of thiocarbonyl (C=S) groups is 1. The summed E-state index contributed by atoms with van der Waals surface area (Å²) >= 11 is 11.4. The van der Waals surface area contributed by atoms with E-state index in [9.17, 15) is 0 Å². The van der Waals surface area contributed by atoms with Crippen molar-refractivity contribution < 1.29 is 4.42 Å². The highest BCUT2D eigenvalue weighted by Gasteiger charge is 2.18. The zero-order valence-corrected chi connectivity index (χ0v) is 19.3. The van der Waals surface area contributed by atoms with Gasteiger partial charge >= 0.3 is 0 Å². The number of nitrogens with one attached hydrogen (secondary N) is 2. The molecule has 2 aromatic heterocycles. The summed E-state index contributed by atoms with van der Waals surface area (Å²) in [7, 11) is 0. The minimum Gasteiger partial charge on any atom is -0.459 e. The zero-order chi connectivity index (χ0) is 21.8. The fraction of sp³-hybridized carbons (Fsp3) is 0.348. The van der Waals surface area contributed by atoms with Gasteiger partial charge in [0.05, 0.1) is 6.54 Å². The third kappa shape index (κ3) is 5.74. The Morgan fingerprint density at radius 1 is 1.16 bits per heavy atom. The number of rotatable bonds is 5. The molecule has 3 heterocycles. The van der Waals surface area contributed by atoms with Crippen LogP contribution in [0.1, 0.15) is 31.2 Å². The molecule has 162 valence electrons. The summed E-state index contributed by atoms with van der Waals surface area (Å²) in [6.45, 7) is 6.78. The molecule has 1 fully saturated rings. The van der Waals surface area contributed by atoms with Crippen LogP contribution in [-0.4, -0.2) is 28.2 Å². The Hall–Kier alpha value is -2.64. The molecular formula is C23H26ClN5OS. The summed E-state index contributed by atoms with van der Waals surface area (Å²) in [5.74, 6) is 3.79. The average Bonchev–Trinajstić information content (AvgIpc) is 3.22. The molecule has 6 nitrogen and oxygen atoms in total. The number of hydrogen-bond acceptors (Lipinski definition) is 5. The topological polar surface area (TPSA) is 66.2 Å². The van der Waals surface area contributed by atoms with Crippen LogP contribution in [0, 0.1) is 12.8 Å². The summed E-state index contributed by atoms with van der Waals surface area (Å²) in [6.07, 6.45) is 2.37. The number of benzene rings is 1. The van der Waals surface area contributed by atoms with Crippen LogP contribution in [0.3, 0.4) is 0 Å². The number of anilines is 2. The van der Waals surface area contributed by atoms with Crippen LogP contribution in [0.25, 0.3) is 11.3 Å². The number of nitrogens with zero attached hydrogens (tertiary/aromatic N) is 3. The van der Waals surface area contributed by atoms with Crippen LogP contribution >= 0.6 is 23.8 Å². The smallest absolute Gasteiger partial charge is 0.231 e. The van der Waals surface area contributed by atoms with Crippen LogP contribution in [0.5, 0.6) is 0 Å². The highest BCUT2D eigenvalue weighted by molar-refractivity contribution is 7.80. The van der Waals surface area contributed by atoms with Gasteiger partial charge in [0, 0.05) is 35.4 Å². The van der Waals surface area contributed by atoms with Gasteiger partial charge in [0.2, 0.25) is 5.95 Å². The van der Waals surface area contributed by atoms with Crippen molar-refractivity contribution in [2.45, 2.75) is 33.2 Å². The fourth-order valence-corrected chi connectivity index (χ4v) is 3.85. The quantitative estimate of drug-likeness (QED) is 0.498. The monoisotopic (exact) mass is 455 g/mol. The molecule has 0 saturated carbocycles. The third-order valence-electron chi connectivity index (χ3n) is 5.39. The second-order valence-electron chi connectivity index (χ2n) is 7.94. The molecule has 0 bridgehead atoms. The van der Waals surface area contributed by atoms with Gasteiger partial charge in [-0.2, -0.15) is 4.98 Å². The number of furan rings is 1. The number of halogens is 1. The van der Waals surface area contributed by atoms with Gasteiger partial charge < -0.3 is 20.0 Å². The van der Waals surface area contributed by atoms with Gasteiger partial charge in [-0.25, -0.2) is 4.98 Å². The van der Waals surface area contributed by atoms with Gasteiger partial charge in [-0.3, -0.25) is 0 Å².